The monoisotopic (exact) mass is 256 g/mol. The molecule has 2 saturated carbocycles. The highest BCUT2D eigenvalue weighted by Crippen LogP contribution is 2.40. The summed E-state index contributed by atoms with van der Waals surface area (Å²) < 4.78 is 0. The molecule has 0 nitrogen and oxygen atoms in total. The van der Waals surface area contributed by atoms with Crippen LogP contribution in [0.4, 0.5) is 0 Å². The summed E-state index contributed by atoms with van der Waals surface area (Å²) >= 11 is 0. The summed E-state index contributed by atoms with van der Waals surface area (Å²) in [6, 6.07) is 11.1. The predicted octanol–water partition coefficient (Wildman–Crippen LogP) is 5.62. The molecule has 0 aromatic heterocycles. The van der Waals surface area contributed by atoms with Crippen molar-refractivity contribution in [3.63, 3.8) is 0 Å². The Labute approximate surface area is 118 Å². The van der Waals surface area contributed by atoms with Gasteiger partial charge in [0.2, 0.25) is 0 Å². The molecule has 0 unspecified atom stereocenters. The topological polar surface area (TPSA) is 0 Å². The van der Waals surface area contributed by atoms with E-state index in [4.69, 9.17) is 0 Å². The van der Waals surface area contributed by atoms with E-state index in [9.17, 15) is 0 Å². The standard InChI is InChI=1S/C19H28/c1-3-7-16(8-4-1)15-17-11-13-19(14-12-17)18-9-5-2-6-10-18/h1,3-4,7-8,17-19H,2,5-6,9-15H2. The van der Waals surface area contributed by atoms with Gasteiger partial charge in [-0.15, -0.1) is 0 Å². The van der Waals surface area contributed by atoms with E-state index in [-0.39, 0.29) is 0 Å². The van der Waals surface area contributed by atoms with Crippen molar-refractivity contribution >= 4 is 0 Å². The van der Waals surface area contributed by atoms with Crippen LogP contribution in [0.25, 0.3) is 0 Å². The second-order valence-corrected chi connectivity index (χ2v) is 6.87. The largest absolute Gasteiger partial charge is 0.0622 e. The first kappa shape index (κ1) is 13.2. The van der Waals surface area contributed by atoms with Crippen LogP contribution in [-0.2, 0) is 6.42 Å². The van der Waals surface area contributed by atoms with Crippen LogP contribution in [0.1, 0.15) is 63.4 Å². The molecule has 19 heavy (non-hydrogen) atoms. The Morgan fingerprint density at radius 3 is 2.00 bits per heavy atom. The second kappa shape index (κ2) is 6.59. The summed E-state index contributed by atoms with van der Waals surface area (Å²) in [6.45, 7) is 0. The number of hydrogen-bond acceptors (Lipinski definition) is 0. The van der Waals surface area contributed by atoms with Crippen LogP contribution in [0.5, 0.6) is 0 Å². The molecule has 0 atom stereocenters. The molecule has 0 amide bonds. The van der Waals surface area contributed by atoms with Gasteiger partial charge in [-0.2, -0.15) is 0 Å². The van der Waals surface area contributed by atoms with Gasteiger partial charge in [0.15, 0.2) is 0 Å². The van der Waals surface area contributed by atoms with Crippen LogP contribution in [0.2, 0.25) is 0 Å². The van der Waals surface area contributed by atoms with Crippen molar-refractivity contribution in [2.45, 2.75) is 64.2 Å². The average Bonchev–Trinajstić information content (AvgIpc) is 2.50. The quantitative estimate of drug-likeness (QED) is 0.659. The van der Waals surface area contributed by atoms with E-state index in [2.05, 4.69) is 30.3 Å². The fourth-order valence-corrected chi connectivity index (χ4v) is 4.42. The van der Waals surface area contributed by atoms with Gasteiger partial charge in [0.1, 0.15) is 0 Å². The van der Waals surface area contributed by atoms with E-state index in [1.165, 1.54) is 64.2 Å². The van der Waals surface area contributed by atoms with E-state index in [1.54, 1.807) is 5.56 Å². The molecular formula is C19H28. The lowest BCUT2D eigenvalue weighted by molar-refractivity contribution is 0.167. The Kier molecular flexibility index (Phi) is 4.58. The van der Waals surface area contributed by atoms with Crippen LogP contribution in [0.15, 0.2) is 30.3 Å². The van der Waals surface area contributed by atoms with E-state index < -0.39 is 0 Å². The van der Waals surface area contributed by atoms with Crippen molar-refractivity contribution in [3.05, 3.63) is 35.9 Å². The van der Waals surface area contributed by atoms with Gasteiger partial charge in [0, 0.05) is 0 Å². The summed E-state index contributed by atoms with van der Waals surface area (Å²) in [7, 11) is 0. The minimum absolute atomic E-state index is 0.960. The molecule has 0 heteroatoms. The van der Waals surface area contributed by atoms with Crippen LogP contribution in [0.3, 0.4) is 0 Å². The van der Waals surface area contributed by atoms with Crippen molar-refractivity contribution in [2.24, 2.45) is 17.8 Å². The number of rotatable bonds is 3. The highest BCUT2D eigenvalue weighted by Gasteiger charge is 2.28. The third-order valence-corrected chi connectivity index (χ3v) is 5.58. The molecule has 0 N–H and O–H groups in total. The molecule has 2 aliphatic carbocycles. The first-order chi connectivity index (χ1) is 9.42. The van der Waals surface area contributed by atoms with Crippen molar-refractivity contribution in [3.8, 4) is 0 Å². The highest BCUT2D eigenvalue weighted by atomic mass is 14.3. The third-order valence-electron chi connectivity index (χ3n) is 5.58. The molecule has 3 rings (SSSR count). The smallest absolute Gasteiger partial charge is 0.0250 e. The predicted molar refractivity (Wildman–Crippen MR) is 82.2 cm³/mol. The van der Waals surface area contributed by atoms with Gasteiger partial charge < -0.3 is 0 Å². The van der Waals surface area contributed by atoms with Gasteiger partial charge >= 0.3 is 0 Å². The first-order valence-electron chi connectivity index (χ1n) is 8.46. The molecule has 0 aliphatic heterocycles. The normalized spacial score (nSPS) is 29.3. The summed E-state index contributed by atoms with van der Waals surface area (Å²) in [5.74, 6) is 3.13. The van der Waals surface area contributed by atoms with Crippen molar-refractivity contribution < 1.29 is 0 Å². The lowest BCUT2D eigenvalue weighted by Gasteiger charge is -2.36. The third kappa shape index (κ3) is 3.61. The van der Waals surface area contributed by atoms with Gasteiger partial charge in [-0.05, 0) is 55.4 Å². The number of benzene rings is 1. The molecule has 1 aromatic rings. The molecule has 104 valence electrons. The molecule has 0 radical (unpaired) electrons. The lowest BCUT2D eigenvalue weighted by atomic mass is 9.70. The van der Waals surface area contributed by atoms with Gasteiger partial charge in [-0.1, -0.05) is 62.4 Å². The molecule has 0 heterocycles. The molecule has 0 bridgehead atoms. The van der Waals surface area contributed by atoms with Crippen molar-refractivity contribution in [2.75, 3.05) is 0 Å². The first-order valence-corrected chi connectivity index (χ1v) is 8.46. The lowest BCUT2D eigenvalue weighted by Crippen LogP contribution is -2.24. The fourth-order valence-electron chi connectivity index (χ4n) is 4.42. The molecular weight excluding hydrogens is 228 g/mol. The molecule has 1 aromatic carbocycles. The Balaban J connectivity index is 1.46. The maximum absolute atomic E-state index is 2.30. The van der Waals surface area contributed by atoms with E-state index in [0.717, 1.165) is 17.8 Å². The van der Waals surface area contributed by atoms with Crippen LogP contribution in [-0.4, -0.2) is 0 Å². The van der Waals surface area contributed by atoms with Gasteiger partial charge in [-0.25, -0.2) is 0 Å². The maximum Gasteiger partial charge on any atom is -0.0250 e. The van der Waals surface area contributed by atoms with E-state index >= 15 is 0 Å². The van der Waals surface area contributed by atoms with Crippen LogP contribution >= 0.6 is 0 Å². The van der Waals surface area contributed by atoms with Crippen molar-refractivity contribution in [1.29, 1.82) is 0 Å². The zero-order valence-electron chi connectivity index (χ0n) is 12.2. The zero-order valence-corrected chi connectivity index (χ0v) is 12.2. The Hall–Kier alpha value is -0.780. The van der Waals surface area contributed by atoms with E-state index in [0.29, 0.717) is 0 Å². The SMILES string of the molecule is c1ccc(CC2CCC(C3CCCCC3)CC2)cc1. The van der Waals surface area contributed by atoms with E-state index in [1.807, 2.05) is 0 Å². The summed E-state index contributed by atoms with van der Waals surface area (Å²) in [5.41, 5.74) is 1.55. The van der Waals surface area contributed by atoms with Crippen molar-refractivity contribution in [1.82, 2.24) is 0 Å². The second-order valence-electron chi connectivity index (χ2n) is 6.87. The summed E-state index contributed by atoms with van der Waals surface area (Å²) in [5, 5.41) is 0. The van der Waals surface area contributed by atoms with Gasteiger partial charge in [-0.3, -0.25) is 0 Å². The Morgan fingerprint density at radius 1 is 0.684 bits per heavy atom. The minimum Gasteiger partial charge on any atom is -0.0622 e. The molecule has 2 fully saturated rings. The summed E-state index contributed by atoms with van der Waals surface area (Å²) in [4.78, 5) is 0. The van der Waals surface area contributed by atoms with Crippen LogP contribution < -0.4 is 0 Å². The minimum atomic E-state index is 0.960. The Morgan fingerprint density at radius 2 is 1.32 bits per heavy atom. The molecule has 0 saturated heterocycles. The fraction of sp³-hybridized carbons (Fsp3) is 0.684. The zero-order chi connectivity index (χ0) is 12.9. The summed E-state index contributed by atoms with van der Waals surface area (Å²) in [6.07, 6.45) is 14.9. The number of hydrogen-bond donors (Lipinski definition) is 0. The molecule has 0 spiro atoms. The highest BCUT2D eigenvalue weighted by molar-refractivity contribution is 5.15. The van der Waals surface area contributed by atoms with Crippen LogP contribution in [0, 0.1) is 17.8 Å². The van der Waals surface area contributed by atoms with Gasteiger partial charge in [0.05, 0.1) is 0 Å². The Bertz CT molecular complexity index is 353. The maximum atomic E-state index is 2.30. The molecule has 2 aliphatic rings. The average molecular weight is 256 g/mol. The van der Waals surface area contributed by atoms with Gasteiger partial charge in [0.25, 0.3) is 0 Å².